The second-order valence-electron chi connectivity index (χ2n) is 5.91. The Hall–Kier alpha value is -1.05. The van der Waals surface area contributed by atoms with Crippen LogP contribution in [-0.2, 0) is 0 Å². The number of para-hydroxylation sites is 1. The van der Waals surface area contributed by atoms with Gasteiger partial charge in [0.05, 0.1) is 0 Å². The smallest absolute Gasteiger partial charge is 0.165 e. The maximum atomic E-state index is 13.7. The van der Waals surface area contributed by atoms with Gasteiger partial charge in [-0.3, -0.25) is 0 Å². The molecule has 0 aliphatic heterocycles. The van der Waals surface area contributed by atoms with E-state index in [2.05, 4.69) is 27.7 Å². The van der Waals surface area contributed by atoms with E-state index in [0.717, 1.165) is 37.7 Å². The average molecular weight is 280 g/mol. The van der Waals surface area contributed by atoms with Crippen molar-refractivity contribution in [3.63, 3.8) is 0 Å². The molecule has 0 saturated heterocycles. The van der Waals surface area contributed by atoms with Gasteiger partial charge in [0, 0.05) is 5.56 Å². The second kappa shape index (κ2) is 8.28. The zero-order chi connectivity index (χ0) is 15.1. The highest BCUT2D eigenvalue weighted by atomic mass is 19.1. The predicted molar refractivity (Wildman–Crippen MR) is 83.6 cm³/mol. The number of phenols is 1. The summed E-state index contributed by atoms with van der Waals surface area (Å²) in [6.07, 6.45) is 5.45. The summed E-state index contributed by atoms with van der Waals surface area (Å²) in [5, 5.41) is 10.1. The van der Waals surface area contributed by atoms with Gasteiger partial charge < -0.3 is 5.11 Å². The number of hydrogen-bond acceptors (Lipinski definition) is 1. The van der Waals surface area contributed by atoms with E-state index < -0.39 is 5.82 Å². The second-order valence-corrected chi connectivity index (χ2v) is 5.91. The van der Waals surface area contributed by atoms with Crippen LogP contribution in [0, 0.1) is 17.7 Å². The number of aromatic hydroxyl groups is 1. The van der Waals surface area contributed by atoms with E-state index in [0.29, 0.717) is 11.8 Å². The molecule has 1 aromatic rings. The molecule has 3 unspecified atom stereocenters. The number of halogens is 1. The molecule has 0 aliphatic carbocycles. The minimum atomic E-state index is -0.497. The van der Waals surface area contributed by atoms with Gasteiger partial charge in [0.15, 0.2) is 11.6 Å². The summed E-state index contributed by atoms with van der Waals surface area (Å²) in [5.74, 6) is 0.718. The van der Waals surface area contributed by atoms with Gasteiger partial charge in [0.2, 0.25) is 0 Å². The van der Waals surface area contributed by atoms with Crippen LogP contribution in [0.2, 0.25) is 0 Å². The number of phenolic OH excluding ortho intramolecular Hbond substituents is 1. The van der Waals surface area contributed by atoms with Gasteiger partial charge >= 0.3 is 0 Å². The minimum absolute atomic E-state index is 0.143. The Morgan fingerprint density at radius 3 is 2.30 bits per heavy atom. The molecule has 1 rings (SSSR count). The van der Waals surface area contributed by atoms with Crippen LogP contribution in [0.4, 0.5) is 4.39 Å². The lowest BCUT2D eigenvalue weighted by Gasteiger charge is -2.32. The zero-order valence-corrected chi connectivity index (χ0v) is 13.3. The Labute approximate surface area is 123 Å². The molecule has 0 radical (unpaired) electrons. The molecule has 0 aromatic heterocycles. The normalized spacial score (nSPS) is 15.8. The van der Waals surface area contributed by atoms with Crippen LogP contribution in [0.1, 0.15) is 71.3 Å². The molecule has 0 spiro atoms. The first kappa shape index (κ1) is 17.0. The molecule has 0 bridgehead atoms. The quantitative estimate of drug-likeness (QED) is 0.630. The lowest BCUT2D eigenvalue weighted by molar-refractivity contribution is 0.255. The van der Waals surface area contributed by atoms with Gasteiger partial charge in [0.25, 0.3) is 0 Å². The largest absolute Gasteiger partial charge is 0.505 e. The molecule has 0 saturated carbocycles. The van der Waals surface area contributed by atoms with Crippen molar-refractivity contribution in [1.82, 2.24) is 0 Å². The molecule has 1 aromatic carbocycles. The van der Waals surface area contributed by atoms with Crippen LogP contribution in [-0.4, -0.2) is 5.11 Å². The summed E-state index contributed by atoms with van der Waals surface area (Å²) < 4.78 is 13.7. The standard InChI is InChI=1S/C18H29FO/c1-5-9-14(13(4)7-3)15(10-6-2)16-11-8-12-17(19)18(16)20/h8,11-15,20H,5-7,9-10H2,1-4H3. The van der Waals surface area contributed by atoms with E-state index in [1.54, 1.807) is 6.07 Å². The summed E-state index contributed by atoms with van der Waals surface area (Å²) in [7, 11) is 0. The Kier molecular flexibility index (Phi) is 7.04. The molecule has 1 nitrogen and oxygen atoms in total. The third-order valence-corrected chi connectivity index (χ3v) is 4.53. The lowest BCUT2D eigenvalue weighted by Crippen LogP contribution is -2.20. The van der Waals surface area contributed by atoms with Gasteiger partial charge in [-0.1, -0.05) is 59.1 Å². The van der Waals surface area contributed by atoms with Gasteiger partial charge in [-0.05, 0) is 36.7 Å². The van der Waals surface area contributed by atoms with Crippen molar-refractivity contribution in [2.45, 2.75) is 65.7 Å². The van der Waals surface area contributed by atoms with E-state index in [1.165, 1.54) is 6.07 Å². The first-order valence-corrected chi connectivity index (χ1v) is 8.04. The van der Waals surface area contributed by atoms with Crippen LogP contribution in [0.15, 0.2) is 18.2 Å². The van der Waals surface area contributed by atoms with Gasteiger partial charge in [-0.25, -0.2) is 4.39 Å². The fourth-order valence-corrected chi connectivity index (χ4v) is 3.26. The molecule has 0 amide bonds. The molecule has 1 N–H and O–H groups in total. The molecule has 0 fully saturated rings. The van der Waals surface area contributed by atoms with Crippen LogP contribution in [0.3, 0.4) is 0 Å². The molecule has 3 atom stereocenters. The Bertz CT molecular complexity index is 402. The van der Waals surface area contributed by atoms with Crippen LogP contribution in [0.25, 0.3) is 0 Å². The molecule has 2 heteroatoms. The maximum absolute atomic E-state index is 13.7. The average Bonchev–Trinajstić information content (AvgIpc) is 2.45. The highest BCUT2D eigenvalue weighted by Crippen LogP contribution is 2.42. The van der Waals surface area contributed by atoms with Crippen molar-refractivity contribution >= 4 is 0 Å². The molecule has 0 aliphatic rings. The minimum Gasteiger partial charge on any atom is -0.505 e. The summed E-state index contributed by atoms with van der Waals surface area (Å²) in [5.41, 5.74) is 0.797. The molecule has 0 heterocycles. The molecule has 114 valence electrons. The van der Waals surface area contributed by atoms with E-state index in [1.807, 2.05) is 6.07 Å². The summed E-state index contributed by atoms with van der Waals surface area (Å²) in [6, 6.07) is 4.94. The van der Waals surface area contributed by atoms with Gasteiger partial charge in [0.1, 0.15) is 0 Å². The van der Waals surface area contributed by atoms with E-state index in [4.69, 9.17) is 0 Å². The Morgan fingerprint density at radius 2 is 1.75 bits per heavy atom. The first-order chi connectivity index (χ1) is 9.56. The van der Waals surface area contributed by atoms with Crippen LogP contribution >= 0.6 is 0 Å². The summed E-state index contributed by atoms with van der Waals surface area (Å²) >= 11 is 0. The Balaban J connectivity index is 3.16. The third-order valence-electron chi connectivity index (χ3n) is 4.53. The number of hydrogen-bond donors (Lipinski definition) is 1. The van der Waals surface area contributed by atoms with Crippen LogP contribution < -0.4 is 0 Å². The first-order valence-electron chi connectivity index (χ1n) is 8.04. The van der Waals surface area contributed by atoms with Gasteiger partial charge in [-0.15, -0.1) is 0 Å². The number of rotatable bonds is 8. The molecular weight excluding hydrogens is 251 g/mol. The van der Waals surface area contributed by atoms with E-state index in [9.17, 15) is 9.50 Å². The highest BCUT2D eigenvalue weighted by Gasteiger charge is 2.28. The number of benzene rings is 1. The van der Waals surface area contributed by atoms with Gasteiger partial charge in [-0.2, -0.15) is 0 Å². The monoisotopic (exact) mass is 280 g/mol. The summed E-state index contributed by atoms with van der Waals surface area (Å²) in [6.45, 7) is 8.84. The Morgan fingerprint density at radius 1 is 1.10 bits per heavy atom. The van der Waals surface area contributed by atoms with Crippen molar-refractivity contribution in [2.75, 3.05) is 0 Å². The third kappa shape index (κ3) is 3.97. The molecular formula is C18H29FO. The molecule has 20 heavy (non-hydrogen) atoms. The van der Waals surface area contributed by atoms with Crippen molar-refractivity contribution in [3.05, 3.63) is 29.6 Å². The highest BCUT2D eigenvalue weighted by molar-refractivity contribution is 5.37. The fraction of sp³-hybridized carbons (Fsp3) is 0.667. The SMILES string of the molecule is CCCC(c1cccc(F)c1O)C(CCC)C(C)CC. The van der Waals surface area contributed by atoms with Crippen molar-refractivity contribution in [2.24, 2.45) is 11.8 Å². The van der Waals surface area contributed by atoms with E-state index >= 15 is 0 Å². The zero-order valence-electron chi connectivity index (χ0n) is 13.3. The topological polar surface area (TPSA) is 20.2 Å². The summed E-state index contributed by atoms with van der Waals surface area (Å²) in [4.78, 5) is 0. The van der Waals surface area contributed by atoms with Crippen molar-refractivity contribution < 1.29 is 9.50 Å². The fourth-order valence-electron chi connectivity index (χ4n) is 3.26. The maximum Gasteiger partial charge on any atom is 0.165 e. The van der Waals surface area contributed by atoms with Crippen molar-refractivity contribution in [3.8, 4) is 5.75 Å². The lowest BCUT2D eigenvalue weighted by atomic mass is 9.73. The van der Waals surface area contributed by atoms with Crippen molar-refractivity contribution in [1.29, 1.82) is 0 Å². The van der Waals surface area contributed by atoms with Crippen LogP contribution in [0.5, 0.6) is 5.75 Å². The predicted octanol–water partition coefficient (Wildman–Crippen LogP) is 5.88. The van der Waals surface area contributed by atoms with E-state index in [-0.39, 0.29) is 11.7 Å².